The van der Waals surface area contributed by atoms with Gasteiger partial charge in [-0.15, -0.1) is 11.3 Å². The van der Waals surface area contributed by atoms with Gasteiger partial charge in [-0.05, 0) is 31.5 Å². The fourth-order valence-electron chi connectivity index (χ4n) is 3.81. The summed E-state index contributed by atoms with van der Waals surface area (Å²) in [6.07, 6.45) is 0.619. The van der Waals surface area contributed by atoms with E-state index < -0.39 is 10.0 Å². The van der Waals surface area contributed by atoms with Gasteiger partial charge in [0, 0.05) is 37.5 Å². The smallest absolute Gasteiger partial charge is 0.322 e. The number of carbonyl (C=O) groups excluding carboxylic acids is 1. The van der Waals surface area contributed by atoms with Gasteiger partial charge in [-0.2, -0.15) is 9.57 Å². The van der Waals surface area contributed by atoms with Crippen molar-refractivity contribution in [3.05, 3.63) is 46.3 Å². The molecule has 1 saturated heterocycles. The number of nitriles is 1. The molecular weight excluding hydrogens is 436 g/mol. The van der Waals surface area contributed by atoms with Crippen molar-refractivity contribution in [1.29, 1.82) is 5.26 Å². The Bertz CT molecular complexity index is 1130. The van der Waals surface area contributed by atoms with Crippen LogP contribution in [0.3, 0.4) is 0 Å². The molecule has 2 amide bonds. The second-order valence-corrected chi connectivity index (χ2v) is 11.2. The van der Waals surface area contributed by atoms with Crippen molar-refractivity contribution >= 4 is 32.4 Å². The average Bonchev–Trinajstić information content (AvgIpc) is 3.09. The molecule has 0 aliphatic carbocycles. The summed E-state index contributed by atoms with van der Waals surface area (Å²) < 4.78 is 32.7. The third kappa shape index (κ3) is 4.32. The van der Waals surface area contributed by atoms with Crippen LogP contribution in [-0.2, 0) is 27.8 Å². The summed E-state index contributed by atoms with van der Waals surface area (Å²) in [4.78, 5) is 15.6. The zero-order chi connectivity index (χ0) is 22.2. The van der Waals surface area contributed by atoms with Gasteiger partial charge in [0.25, 0.3) is 0 Å². The molecule has 1 N–H and O–H groups in total. The minimum atomic E-state index is -3.57. The monoisotopic (exact) mass is 460 g/mol. The van der Waals surface area contributed by atoms with E-state index >= 15 is 0 Å². The number of nitrogens with zero attached hydrogens (tertiary/aromatic N) is 3. The second-order valence-electron chi connectivity index (χ2n) is 8.18. The molecule has 0 unspecified atom stereocenters. The summed E-state index contributed by atoms with van der Waals surface area (Å²) in [6, 6.07) is 10.2. The van der Waals surface area contributed by atoms with Crippen molar-refractivity contribution in [1.82, 2.24) is 9.21 Å². The van der Waals surface area contributed by atoms with Crippen LogP contribution in [0.25, 0.3) is 0 Å². The van der Waals surface area contributed by atoms with Gasteiger partial charge in [-0.25, -0.2) is 13.2 Å². The van der Waals surface area contributed by atoms with E-state index in [1.807, 2.05) is 13.8 Å². The van der Waals surface area contributed by atoms with Gasteiger partial charge in [-0.3, -0.25) is 5.32 Å². The molecule has 0 radical (unpaired) electrons. The molecule has 0 atom stereocenters. The van der Waals surface area contributed by atoms with Crippen LogP contribution in [0.15, 0.2) is 35.2 Å². The molecule has 1 aromatic carbocycles. The minimum absolute atomic E-state index is 0.221. The zero-order valence-corrected chi connectivity index (χ0v) is 19.1. The fraction of sp³-hybridized carbons (Fsp3) is 0.429. The van der Waals surface area contributed by atoms with E-state index in [0.717, 1.165) is 10.4 Å². The van der Waals surface area contributed by atoms with Crippen LogP contribution in [0, 0.1) is 11.3 Å². The van der Waals surface area contributed by atoms with Gasteiger partial charge in [-0.1, -0.05) is 18.2 Å². The van der Waals surface area contributed by atoms with Crippen LogP contribution in [0.2, 0.25) is 0 Å². The van der Waals surface area contributed by atoms with Gasteiger partial charge in [0.1, 0.15) is 11.1 Å². The Hall–Kier alpha value is -2.45. The van der Waals surface area contributed by atoms with Gasteiger partial charge >= 0.3 is 6.03 Å². The zero-order valence-electron chi connectivity index (χ0n) is 17.4. The number of hydrogen-bond acceptors (Lipinski definition) is 6. The predicted octanol–water partition coefficient (Wildman–Crippen LogP) is 3.01. The maximum Gasteiger partial charge on any atom is 0.322 e. The van der Waals surface area contributed by atoms with Crippen molar-refractivity contribution in [2.45, 2.75) is 37.4 Å². The lowest BCUT2D eigenvalue weighted by atomic mass is 9.93. The van der Waals surface area contributed by atoms with Crippen LogP contribution >= 0.6 is 11.3 Å². The van der Waals surface area contributed by atoms with Gasteiger partial charge in [0.05, 0.1) is 22.7 Å². The third-order valence-corrected chi connectivity index (χ3v) is 8.56. The number of carbonyl (C=O) groups is 1. The van der Waals surface area contributed by atoms with Crippen LogP contribution in [0.5, 0.6) is 0 Å². The molecule has 2 aliphatic rings. The Balaban J connectivity index is 1.43. The quantitative estimate of drug-likeness (QED) is 0.759. The van der Waals surface area contributed by atoms with Gasteiger partial charge < -0.3 is 9.64 Å². The molecule has 0 bridgehead atoms. The van der Waals surface area contributed by atoms with Crippen molar-refractivity contribution in [3.63, 3.8) is 0 Å². The highest BCUT2D eigenvalue weighted by Gasteiger charge is 2.33. The lowest BCUT2D eigenvalue weighted by Gasteiger charge is -2.33. The molecule has 8 nitrogen and oxygen atoms in total. The number of piperazine rings is 1. The number of hydrogen-bond donors (Lipinski definition) is 1. The maximum absolute atomic E-state index is 12.8. The van der Waals surface area contributed by atoms with Crippen LogP contribution in [0.4, 0.5) is 9.80 Å². The number of sulfonamides is 1. The molecule has 1 fully saturated rings. The summed E-state index contributed by atoms with van der Waals surface area (Å²) in [5, 5.41) is 13.1. The number of ether oxygens (including phenoxy) is 1. The standard InChI is InChI=1S/C21H24N4O4S2/c1-21(2)12-16-17(13-22)19(30-18(16)14-29-21)23-20(26)24-8-10-25(11-9-24)31(27,28)15-6-4-3-5-7-15/h3-7H,8-12,14H2,1-2H3,(H,23,26). The number of thiophene rings is 1. The SMILES string of the molecule is CC1(C)Cc2c(sc(NC(=O)N3CCN(S(=O)(=O)c4ccccc4)CC3)c2C#N)CO1. The molecule has 0 saturated carbocycles. The van der Waals surface area contributed by atoms with E-state index in [0.29, 0.717) is 23.6 Å². The van der Waals surface area contributed by atoms with E-state index in [4.69, 9.17) is 4.74 Å². The van der Waals surface area contributed by atoms with Crippen molar-refractivity contribution in [2.75, 3.05) is 31.5 Å². The van der Waals surface area contributed by atoms with Crippen molar-refractivity contribution in [2.24, 2.45) is 0 Å². The van der Waals surface area contributed by atoms with E-state index in [2.05, 4.69) is 11.4 Å². The Morgan fingerprint density at radius 3 is 2.52 bits per heavy atom. The molecule has 1 aromatic heterocycles. The van der Waals surface area contributed by atoms with Crippen molar-refractivity contribution in [3.8, 4) is 6.07 Å². The number of amides is 2. The predicted molar refractivity (Wildman–Crippen MR) is 117 cm³/mol. The number of nitrogens with one attached hydrogen (secondary N) is 1. The highest BCUT2D eigenvalue weighted by atomic mass is 32.2. The highest BCUT2D eigenvalue weighted by Crippen LogP contribution is 2.40. The Labute approximate surface area is 186 Å². The number of anilines is 1. The largest absolute Gasteiger partial charge is 0.370 e. The molecule has 4 rings (SSSR count). The normalized spacial score (nSPS) is 18.8. The number of urea groups is 1. The first-order valence-corrected chi connectivity index (χ1v) is 12.3. The first-order chi connectivity index (χ1) is 14.7. The second kappa shape index (κ2) is 8.24. The van der Waals surface area contributed by atoms with Gasteiger partial charge in [0.2, 0.25) is 10.0 Å². The van der Waals surface area contributed by atoms with E-state index in [1.165, 1.54) is 15.6 Å². The number of fused-ring (bicyclic) bond motifs is 1. The molecule has 164 valence electrons. The lowest BCUT2D eigenvalue weighted by molar-refractivity contribution is -0.0383. The molecule has 2 aromatic rings. The Kier molecular flexibility index (Phi) is 5.79. The highest BCUT2D eigenvalue weighted by molar-refractivity contribution is 7.89. The van der Waals surface area contributed by atoms with Crippen LogP contribution in [-0.4, -0.2) is 55.4 Å². The van der Waals surface area contributed by atoms with Crippen LogP contribution in [0.1, 0.15) is 29.9 Å². The minimum Gasteiger partial charge on any atom is -0.370 e. The molecule has 3 heterocycles. The van der Waals surface area contributed by atoms with E-state index in [-0.39, 0.29) is 42.7 Å². The summed E-state index contributed by atoms with van der Waals surface area (Å²) in [6.45, 7) is 5.39. The summed E-state index contributed by atoms with van der Waals surface area (Å²) in [5.41, 5.74) is 1.09. The third-order valence-electron chi connectivity index (χ3n) is 5.53. The topological polar surface area (TPSA) is 103 Å². The first-order valence-electron chi connectivity index (χ1n) is 10.0. The van der Waals surface area contributed by atoms with E-state index in [1.54, 1.807) is 35.2 Å². The number of rotatable bonds is 3. The molecule has 0 spiro atoms. The summed E-state index contributed by atoms with van der Waals surface area (Å²) >= 11 is 1.37. The van der Waals surface area contributed by atoms with Gasteiger partial charge in [0.15, 0.2) is 0 Å². The van der Waals surface area contributed by atoms with Crippen LogP contribution < -0.4 is 5.32 Å². The maximum atomic E-state index is 12.8. The average molecular weight is 461 g/mol. The molecular formula is C21H24N4O4S2. The van der Waals surface area contributed by atoms with Crippen molar-refractivity contribution < 1.29 is 17.9 Å². The Morgan fingerprint density at radius 2 is 1.87 bits per heavy atom. The molecule has 10 heteroatoms. The number of benzene rings is 1. The molecule has 31 heavy (non-hydrogen) atoms. The van der Waals surface area contributed by atoms with E-state index in [9.17, 15) is 18.5 Å². The fourth-order valence-corrected chi connectivity index (χ4v) is 6.32. The summed E-state index contributed by atoms with van der Waals surface area (Å²) in [7, 11) is -3.57. The molecule has 2 aliphatic heterocycles. The Morgan fingerprint density at radius 1 is 1.19 bits per heavy atom. The summed E-state index contributed by atoms with van der Waals surface area (Å²) in [5.74, 6) is 0. The first kappa shape index (κ1) is 21.8. The lowest BCUT2D eigenvalue weighted by Crippen LogP contribution is -2.51.